The van der Waals surface area contributed by atoms with E-state index in [1.54, 1.807) is 0 Å². The van der Waals surface area contributed by atoms with Crippen LogP contribution >= 0.6 is 11.8 Å². The zero-order valence-electron chi connectivity index (χ0n) is 12.3. The summed E-state index contributed by atoms with van der Waals surface area (Å²) < 4.78 is 0. The molecule has 0 atom stereocenters. The SMILES string of the molecule is CCCCCSc1ccc(C)cc1CNC(C)C. The van der Waals surface area contributed by atoms with Crippen LogP contribution in [0.3, 0.4) is 0 Å². The van der Waals surface area contributed by atoms with E-state index >= 15 is 0 Å². The molecule has 0 amide bonds. The van der Waals surface area contributed by atoms with Crippen LogP contribution < -0.4 is 5.32 Å². The normalized spacial score (nSPS) is 11.2. The minimum Gasteiger partial charge on any atom is -0.310 e. The lowest BCUT2D eigenvalue weighted by Gasteiger charge is -2.13. The van der Waals surface area contributed by atoms with Gasteiger partial charge in [0.1, 0.15) is 0 Å². The van der Waals surface area contributed by atoms with Gasteiger partial charge < -0.3 is 5.32 Å². The maximum Gasteiger partial charge on any atom is 0.0219 e. The van der Waals surface area contributed by atoms with Gasteiger partial charge in [-0.3, -0.25) is 0 Å². The highest BCUT2D eigenvalue weighted by Crippen LogP contribution is 2.25. The lowest BCUT2D eigenvalue weighted by molar-refractivity contribution is 0.584. The lowest BCUT2D eigenvalue weighted by Crippen LogP contribution is -2.22. The van der Waals surface area contributed by atoms with Crippen molar-refractivity contribution in [2.75, 3.05) is 5.75 Å². The summed E-state index contributed by atoms with van der Waals surface area (Å²) in [6, 6.07) is 7.37. The summed E-state index contributed by atoms with van der Waals surface area (Å²) in [5, 5.41) is 3.52. The minimum atomic E-state index is 0.545. The molecule has 1 N–H and O–H groups in total. The van der Waals surface area contributed by atoms with Crippen LogP contribution in [0.5, 0.6) is 0 Å². The highest BCUT2D eigenvalue weighted by molar-refractivity contribution is 7.99. The molecule has 0 aliphatic heterocycles. The van der Waals surface area contributed by atoms with Gasteiger partial charge in [-0.25, -0.2) is 0 Å². The van der Waals surface area contributed by atoms with E-state index in [2.05, 4.69) is 51.2 Å². The summed E-state index contributed by atoms with van der Waals surface area (Å²) >= 11 is 2.01. The molecule has 18 heavy (non-hydrogen) atoms. The summed E-state index contributed by atoms with van der Waals surface area (Å²) in [5.74, 6) is 1.24. The van der Waals surface area contributed by atoms with Crippen molar-refractivity contribution in [1.82, 2.24) is 5.32 Å². The Morgan fingerprint density at radius 3 is 2.67 bits per heavy atom. The van der Waals surface area contributed by atoms with E-state index in [9.17, 15) is 0 Å². The fourth-order valence-corrected chi connectivity index (χ4v) is 2.88. The van der Waals surface area contributed by atoms with Gasteiger partial charge in [0.25, 0.3) is 0 Å². The first-order valence-electron chi connectivity index (χ1n) is 7.09. The predicted octanol–water partition coefficient (Wildman–Crippen LogP) is 4.78. The molecule has 0 saturated carbocycles. The highest BCUT2D eigenvalue weighted by Gasteiger charge is 2.04. The van der Waals surface area contributed by atoms with Crippen molar-refractivity contribution < 1.29 is 0 Å². The summed E-state index contributed by atoms with van der Waals surface area (Å²) in [6.07, 6.45) is 3.97. The minimum absolute atomic E-state index is 0.545. The van der Waals surface area contributed by atoms with Crippen molar-refractivity contribution in [3.63, 3.8) is 0 Å². The zero-order chi connectivity index (χ0) is 13.4. The fourth-order valence-electron chi connectivity index (χ4n) is 1.84. The standard InChI is InChI=1S/C16H27NS/c1-5-6-7-10-18-16-9-8-14(4)11-15(16)12-17-13(2)3/h8-9,11,13,17H,5-7,10,12H2,1-4H3. The smallest absolute Gasteiger partial charge is 0.0219 e. The second-order valence-electron chi connectivity index (χ2n) is 5.20. The van der Waals surface area contributed by atoms with Gasteiger partial charge in [-0.1, -0.05) is 51.3 Å². The first kappa shape index (κ1) is 15.6. The maximum absolute atomic E-state index is 3.52. The molecule has 0 aliphatic carbocycles. The molecule has 0 unspecified atom stereocenters. The Morgan fingerprint density at radius 2 is 2.00 bits per heavy atom. The predicted molar refractivity (Wildman–Crippen MR) is 83.4 cm³/mol. The molecule has 0 aliphatic rings. The van der Waals surface area contributed by atoms with Crippen LogP contribution in [0, 0.1) is 6.92 Å². The van der Waals surface area contributed by atoms with Crippen molar-refractivity contribution in [3.8, 4) is 0 Å². The number of aryl methyl sites for hydroxylation is 1. The number of nitrogens with one attached hydrogen (secondary N) is 1. The molecule has 1 aromatic carbocycles. The Bertz CT molecular complexity index is 347. The van der Waals surface area contributed by atoms with Gasteiger partial charge in [-0.2, -0.15) is 0 Å². The van der Waals surface area contributed by atoms with Gasteiger partial charge in [0.05, 0.1) is 0 Å². The van der Waals surface area contributed by atoms with E-state index in [-0.39, 0.29) is 0 Å². The van der Waals surface area contributed by atoms with Crippen LogP contribution in [-0.2, 0) is 6.54 Å². The molecule has 0 heterocycles. The molecular formula is C16H27NS. The molecule has 1 nitrogen and oxygen atoms in total. The molecule has 0 aromatic heterocycles. The number of thioether (sulfide) groups is 1. The van der Waals surface area contributed by atoms with Crippen molar-refractivity contribution in [3.05, 3.63) is 29.3 Å². The Morgan fingerprint density at radius 1 is 1.22 bits per heavy atom. The Labute approximate surface area is 117 Å². The molecule has 0 bridgehead atoms. The van der Waals surface area contributed by atoms with E-state index in [4.69, 9.17) is 0 Å². The first-order chi connectivity index (χ1) is 8.63. The molecule has 102 valence electrons. The van der Waals surface area contributed by atoms with Crippen molar-refractivity contribution in [1.29, 1.82) is 0 Å². The van der Waals surface area contributed by atoms with Gasteiger partial charge in [0.2, 0.25) is 0 Å². The zero-order valence-corrected chi connectivity index (χ0v) is 13.1. The summed E-state index contributed by atoms with van der Waals surface area (Å²) in [6.45, 7) is 9.81. The van der Waals surface area contributed by atoms with Gasteiger partial charge in [-0.05, 0) is 30.7 Å². The van der Waals surface area contributed by atoms with Gasteiger partial charge in [-0.15, -0.1) is 11.8 Å². The van der Waals surface area contributed by atoms with Crippen LogP contribution in [0.2, 0.25) is 0 Å². The molecule has 0 radical (unpaired) electrons. The number of rotatable bonds is 8. The van der Waals surface area contributed by atoms with Crippen molar-refractivity contribution in [2.45, 2.75) is 64.4 Å². The van der Waals surface area contributed by atoms with Crippen LogP contribution in [0.15, 0.2) is 23.1 Å². The second kappa shape index (κ2) is 8.60. The van der Waals surface area contributed by atoms with Crippen molar-refractivity contribution >= 4 is 11.8 Å². The number of hydrogen-bond acceptors (Lipinski definition) is 2. The fraction of sp³-hybridized carbons (Fsp3) is 0.625. The average molecular weight is 265 g/mol. The third-order valence-corrected chi connectivity index (χ3v) is 4.12. The van der Waals surface area contributed by atoms with E-state index in [1.165, 1.54) is 41.0 Å². The van der Waals surface area contributed by atoms with Crippen LogP contribution in [0.1, 0.15) is 51.2 Å². The highest BCUT2D eigenvalue weighted by atomic mass is 32.2. The summed E-state index contributed by atoms with van der Waals surface area (Å²) in [4.78, 5) is 1.45. The molecule has 0 saturated heterocycles. The molecule has 1 rings (SSSR count). The van der Waals surface area contributed by atoms with Crippen LogP contribution in [0.25, 0.3) is 0 Å². The average Bonchev–Trinajstić information content (AvgIpc) is 2.34. The van der Waals surface area contributed by atoms with E-state index in [0.717, 1.165) is 6.54 Å². The maximum atomic E-state index is 3.52. The Kier molecular flexibility index (Phi) is 7.45. The molecule has 0 spiro atoms. The lowest BCUT2D eigenvalue weighted by atomic mass is 10.1. The van der Waals surface area contributed by atoms with Crippen LogP contribution in [0.4, 0.5) is 0 Å². The van der Waals surface area contributed by atoms with E-state index < -0.39 is 0 Å². The summed E-state index contributed by atoms with van der Waals surface area (Å²) in [7, 11) is 0. The van der Waals surface area contributed by atoms with Gasteiger partial charge in [0, 0.05) is 17.5 Å². The Hall–Kier alpha value is -0.470. The number of hydrogen-bond donors (Lipinski definition) is 1. The molecule has 0 fully saturated rings. The second-order valence-corrected chi connectivity index (χ2v) is 6.34. The topological polar surface area (TPSA) is 12.0 Å². The molecular weight excluding hydrogens is 238 g/mol. The number of benzene rings is 1. The van der Waals surface area contributed by atoms with E-state index in [1.807, 2.05) is 11.8 Å². The van der Waals surface area contributed by atoms with Crippen molar-refractivity contribution in [2.24, 2.45) is 0 Å². The van der Waals surface area contributed by atoms with E-state index in [0.29, 0.717) is 6.04 Å². The first-order valence-corrected chi connectivity index (χ1v) is 8.07. The van der Waals surface area contributed by atoms with Gasteiger partial charge >= 0.3 is 0 Å². The monoisotopic (exact) mass is 265 g/mol. The largest absolute Gasteiger partial charge is 0.310 e. The summed E-state index contributed by atoms with van der Waals surface area (Å²) in [5.41, 5.74) is 2.80. The quantitative estimate of drug-likeness (QED) is 0.536. The third-order valence-electron chi connectivity index (χ3n) is 2.92. The number of unbranched alkanes of at least 4 members (excludes halogenated alkanes) is 2. The Balaban J connectivity index is 2.58. The third kappa shape index (κ3) is 5.92. The van der Waals surface area contributed by atoms with Gasteiger partial charge in [0.15, 0.2) is 0 Å². The molecule has 2 heteroatoms. The van der Waals surface area contributed by atoms with Crippen LogP contribution in [-0.4, -0.2) is 11.8 Å². The molecule has 1 aromatic rings.